The summed E-state index contributed by atoms with van der Waals surface area (Å²) in [7, 11) is 1.60. The lowest BCUT2D eigenvalue weighted by Gasteiger charge is -2.19. The van der Waals surface area contributed by atoms with Crippen molar-refractivity contribution in [2.75, 3.05) is 32.1 Å². The zero-order chi connectivity index (χ0) is 24.5. The molecule has 10 heteroatoms. The second kappa shape index (κ2) is 12.0. The molecular formula is C24H27ClN4O5. The third kappa shape index (κ3) is 6.71. The number of aryl methyl sites for hydroxylation is 1. The lowest BCUT2D eigenvalue weighted by atomic mass is 10.2. The van der Waals surface area contributed by atoms with Crippen molar-refractivity contribution in [3.05, 3.63) is 53.4 Å². The molecule has 180 valence electrons. The number of aromatic nitrogens is 2. The van der Waals surface area contributed by atoms with Crippen molar-refractivity contribution < 1.29 is 23.6 Å². The Bertz CT molecular complexity index is 1110. The Labute approximate surface area is 203 Å². The molecule has 0 atom stereocenters. The van der Waals surface area contributed by atoms with Gasteiger partial charge in [0.2, 0.25) is 17.6 Å². The minimum absolute atomic E-state index is 0.101. The van der Waals surface area contributed by atoms with E-state index in [2.05, 4.69) is 15.5 Å². The molecule has 0 bridgehead atoms. The highest BCUT2D eigenvalue weighted by Gasteiger charge is 2.14. The summed E-state index contributed by atoms with van der Waals surface area (Å²) in [4.78, 5) is 30.4. The molecule has 0 radical (unpaired) electrons. The van der Waals surface area contributed by atoms with Crippen LogP contribution in [0.1, 0.15) is 26.2 Å². The average molecular weight is 487 g/mol. The number of amides is 2. The SMILES string of the molecule is CCN(CC)C(=O)COc1ccc(NC(=O)CCc2nc(-c3ccc(OC)cc3)no2)cc1Cl. The van der Waals surface area contributed by atoms with Crippen molar-refractivity contribution in [1.29, 1.82) is 0 Å². The quantitative estimate of drug-likeness (QED) is 0.432. The molecule has 0 spiro atoms. The summed E-state index contributed by atoms with van der Waals surface area (Å²) in [6, 6.07) is 12.1. The van der Waals surface area contributed by atoms with Crippen LogP contribution in [0, 0.1) is 0 Å². The molecule has 1 heterocycles. The van der Waals surface area contributed by atoms with E-state index in [9.17, 15) is 9.59 Å². The van der Waals surface area contributed by atoms with Crippen molar-refractivity contribution in [2.24, 2.45) is 0 Å². The first kappa shape index (κ1) is 25.0. The van der Waals surface area contributed by atoms with E-state index in [-0.39, 0.29) is 31.3 Å². The van der Waals surface area contributed by atoms with Crippen LogP contribution in [-0.2, 0) is 16.0 Å². The second-order valence-corrected chi connectivity index (χ2v) is 7.70. The van der Waals surface area contributed by atoms with Crippen LogP contribution in [-0.4, -0.2) is 53.7 Å². The van der Waals surface area contributed by atoms with Crippen LogP contribution >= 0.6 is 11.6 Å². The van der Waals surface area contributed by atoms with E-state index in [1.54, 1.807) is 30.2 Å². The number of carbonyl (C=O) groups is 2. The van der Waals surface area contributed by atoms with Crippen molar-refractivity contribution >= 4 is 29.1 Å². The average Bonchev–Trinajstić information content (AvgIpc) is 3.32. The van der Waals surface area contributed by atoms with Gasteiger partial charge >= 0.3 is 0 Å². The minimum atomic E-state index is -0.231. The van der Waals surface area contributed by atoms with Crippen LogP contribution in [0.3, 0.4) is 0 Å². The van der Waals surface area contributed by atoms with Crippen molar-refractivity contribution in [1.82, 2.24) is 15.0 Å². The Morgan fingerprint density at radius 2 is 1.85 bits per heavy atom. The Morgan fingerprint density at radius 1 is 1.12 bits per heavy atom. The number of halogens is 1. The highest BCUT2D eigenvalue weighted by molar-refractivity contribution is 6.32. The highest BCUT2D eigenvalue weighted by atomic mass is 35.5. The number of anilines is 1. The molecule has 1 aromatic heterocycles. The molecule has 2 aromatic carbocycles. The molecule has 0 unspecified atom stereocenters. The Hall–Kier alpha value is -3.59. The zero-order valence-corrected chi connectivity index (χ0v) is 20.1. The number of benzene rings is 2. The second-order valence-electron chi connectivity index (χ2n) is 7.29. The number of hydrogen-bond acceptors (Lipinski definition) is 7. The molecule has 34 heavy (non-hydrogen) atoms. The summed E-state index contributed by atoms with van der Waals surface area (Å²) >= 11 is 6.25. The number of carbonyl (C=O) groups excluding carboxylic acids is 2. The zero-order valence-electron chi connectivity index (χ0n) is 19.3. The van der Waals surface area contributed by atoms with Gasteiger partial charge in [0.25, 0.3) is 5.91 Å². The van der Waals surface area contributed by atoms with Gasteiger partial charge in [0.05, 0.1) is 12.1 Å². The number of rotatable bonds is 11. The van der Waals surface area contributed by atoms with E-state index in [1.165, 1.54) is 0 Å². The smallest absolute Gasteiger partial charge is 0.260 e. The van der Waals surface area contributed by atoms with Gasteiger partial charge in [-0.1, -0.05) is 16.8 Å². The maximum Gasteiger partial charge on any atom is 0.260 e. The van der Waals surface area contributed by atoms with Crippen molar-refractivity contribution in [3.63, 3.8) is 0 Å². The van der Waals surface area contributed by atoms with Crippen LogP contribution < -0.4 is 14.8 Å². The van der Waals surface area contributed by atoms with Crippen molar-refractivity contribution in [3.8, 4) is 22.9 Å². The monoisotopic (exact) mass is 486 g/mol. The number of likely N-dealkylation sites (N-methyl/N-ethyl adjacent to an activating group) is 1. The van der Waals surface area contributed by atoms with Crippen LogP contribution in [0.2, 0.25) is 5.02 Å². The van der Waals surface area contributed by atoms with Gasteiger partial charge in [0.1, 0.15) is 11.5 Å². The lowest BCUT2D eigenvalue weighted by Crippen LogP contribution is -2.34. The van der Waals surface area contributed by atoms with Gasteiger partial charge in [-0.2, -0.15) is 4.98 Å². The third-order valence-electron chi connectivity index (χ3n) is 5.07. The summed E-state index contributed by atoms with van der Waals surface area (Å²) in [5.74, 6) is 1.56. The number of nitrogens with one attached hydrogen (secondary N) is 1. The number of ether oxygens (including phenoxy) is 2. The number of hydrogen-bond donors (Lipinski definition) is 1. The summed E-state index contributed by atoms with van der Waals surface area (Å²) in [6.45, 7) is 4.94. The Kier molecular flexibility index (Phi) is 8.86. The fraction of sp³-hybridized carbons (Fsp3) is 0.333. The molecule has 1 N–H and O–H groups in total. The van der Waals surface area contributed by atoms with Gasteiger partial charge in [-0.3, -0.25) is 9.59 Å². The van der Waals surface area contributed by atoms with E-state index < -0.39 is 0 Å². The summed E-state index contributed by atoms with van der Waals surface area (Å²) < 4.78 is 15.9. The molecule has 3 aromatic rings. The standard InChI is InChI=1S/C24H27ClN4O5/c1-4-29(5-2)23(31)15-33-20-11-8-17(14-19(20)25)26-21(30)12-13-22-27-24(28-34-22)16-6-9-18(32-3)10-7-16/h6-11,14H,4-5,12-13,15H2,1-3H3,(H,26,30). The third-order valence-corrected chi connectivity index (χ3v) is 5.36. The van der Waals surface area contributed by atoms with Gasteiger partial charge in [0, 0.05) is 37.2 Å². The predicted octanol–water partition coefficient (Wildman–Crippen LogP) is 4.22. The first-order valence-corrected chi connectivity index (χ1v) is 11.3. The molecule has 0 saturated carbocycles. The van der Waals surface area contributed by atoms with E-state index in [4.69, 9.17) is 25.6 Å². The molecule has 0 aliphatic rings. The summed E-state index contributed by atoms with van der Waals surface area (Å²) in [6.07, 6.45) is 0.440. The Balaban J connectivity index is 1.50. The van der Waals surface area contributed by atoms with E-state index >= 15 is 0 Å². The van der Waals surface area contributed by atoms with Crippen LogP contribution in [0.15, 0.2) is 47.0 Å². The maximum absolute atomic E-state index is 12.3. The molecule has 0 fully saturated rings. The van der Waals surface area contributed by atoms with Gasteiger partial charge < -0.3 is 24.2 Å². The van der Waals surface area contributed by atoms with Crippen LogP contribution in [0.5, 0.6) is 11.5 Å². The topological polar surface area (TPSA) is 107 Å². The molecular weight excluding hydrogens is 460 g/mol. The van der Waals surface area contributed by atoms with Gasteiger partial charge in [-0.15, -0.1) is 0 Å². The van der Waals surface area contributed by atoms with Crippen molar-refractivity contribution in [2.45, 2.75) is 26.7 Å². The lowest BCUT2D eigenvalue weighted by molar-refractivity contribution is -0.133. The molecule has 9 nitrogen and oxygen atoms in total. The first-order valence-electron chi connectivity index (χ1n) is 10.9. The summed E-state index contributed by atoms with van der Waals surface area (Å²) in [5, 5.41) is 7.03. The van der Waals surface area contributed by atoms with E-state index in [0.29, 0.717) is 41.3 Å². The number of methoxy groups -OCH3 is 1. The first-order chi connectivity index (χ1) is 16.4. The molecule has 3 rings (SSSR count). The highest BCUT2D eigenvalue weighted by Crippen LogP contribution is 2.28. The molecule has 0 saturated heterocycles. The van der Waals surface area contributed by atoms with E-state index in [0.717, 1.165) is 11.3 Å². The van der Waals surface area contributed by atoms with E-state index in [1.807, 2.05) is 38.1 Å². The normalized spacial score (nSPS) is 10.6. The predicted molar refractivity (Wildman–Crippen MR) is 128 cm³/mol. The molecule has 0 aliphatic heterocycles. The molecule has 0 aliphatic carbocycles. The molecule has 2 amide bonds. The Morgan fingerprint density at radius 3 is 2.50 bits per heavy atom. The largest absolute Gasteiger partial charge is 0.497 e. The number of nitrogens with zero attached hydrogens (tertiary/aromatic N) is 3. The minimum Gasteiger partial charge on any atom is -0.497 e. The maximum atomic E-state index is 12.3. The van der Waals surface area contributed by atoms with Gasteiger partial charge in [-0.05, 0) is 56.3 Å². The summed E-state index contributed by atoms with van der Waals surface area (Å²) in [5.41, 5.74) is 1.30. The fourth-order valence-corrected chi connectivity index (χ4v) is 3.40. The van der Waals surface area contributed by atoms with Crippen LogP contribution in [0.25, 0.3) is 11.4 Å². The van der Waals surface area contributed by atoms with Crippen LogP contribution in [0.4, 0.5) is 5.69 Å². The van der Waals surface area contributed by atoms with Gasteiger partial charge in [0.15, 0.2) is 6.61 Å². The fourth-order valence-electron chi connectivity index (χ4n) is 3.16. The van der Waals surface area contributed by atoms with Gasteiger partial charge in [-0.25, -0.2) is 0 Å².